The molecule has 43 heavy (non-hydrogen) atoms. The topological polar surface area (TPSA) is 126 Å². The Hall–Kier alpha value is -5.00. The van der Waals surface area contributed by atoms with Gasteiger partial charge in [0.1, 0.15) is 11.5 Å². The second-order valence-corrected chi connectivity index (χ2v) is 11.2. The molecule has 0 aliphatic carbocycles. The predicted octanol–water partition coefficient (Wildman–Crippen LogP) is 4.10. The highest BCUT2D eigenvalue weighted by atomic mass is 32.2. The number of carbonyl (C=O) groups is 2. The summed E-state index contributed by atoms with van der Waals surface area (Å²) in [5, 5.41) is 6.71. The molecule has 0 radical (unpaired) electrons. The van der Waals surface area contributed by atoms with E-state index < -0.39 is 22.5 Å². The summed E-state index contributed by atoms with van der Waals surface area (Å²) in [6.07, 6.45) is 1.87. The molecular weight excluding hydrogens is 568 g/mol. The number of amides is 2. The molecule has 0 saturated heterocycles. The first-order chi connectivity index (χ1) is 20.8. The summed E-state index contributed by atoms with van der Waals surface area (Å²) in [5.41, 5.74) is 4.56. The van der Waals surface area contributed by atoms with Gasteiger partial charge in [0.25, 0.3) is 11.8 Å². The van der Waals surface area contributed by atoms with Crippen LogP contribution in [0.1, 0.15) is 11.1 Å². The van der Waals surface area contributed by atoms with Gasteiger partial charge in [0.05, 0.1) is 30.5 Å². The van der Waals surface area contributed by atoms with Crippen LogP contribution >= 0.6 is 0 Å². The Balaban J connectivity index is 1.30. The normalized spacial score (nSPS) is 11.3. The standard InChI is InChI=1S/C32H32N4O6S/c1-41-30-15-9-8-14-29(30)34-32(38)24-42-27-18-16-26(17-19-27)22-33-35-31(37)23-36(21-20-25-10-4-2-5-11-25)43(39,40)28-12-6-3-7-13-28/h2-19,22H,20-21,23-24H2,1H3,(H,34,38)(H,35,37)/b33-22+. The van der Waals surface area contributed by atoms with E-state index in [4.69, 9.17) is 9.47 Å². The van der Waals surface area contributed by atoms with Crippen LogP contribution in [0, 0.1) is 0 Å². The van der Waals surface area contributed by atoms with Crippen molar-refractivity contribution >= 4 is 33.7 Å². The summed E-state index contributed by atoms with van der Waals surface area (Å²) in [6, 6.07) is 31.3. The number of ether oxygens (including phenoxy) is 2. The first-order valence-corrected chi connectivity index (χ1v) is 14.9. The van der Waals surface area contributed by atoms with Crippen LogP contribution in [-0.2, 0) is 26.0 Å². The second kappa shape index (κ2) is 15.3. The number of para-hydroxylation sites is 2. The van der Waals surface area contributed by atoms with Crippen molar-refractivity contribution < 1.29 is 27.5 Å². The summed E-state index contributed by atoms with van der Waals surface area (Å²) in [7, 11) is -2.39. The molecule has 10 nitrogen and oxygen atoms in total. The van der Waals surface area contributed by atoms with Crippen molar-refractivity contribution in [2.45, 2.75) is 11.3 Å². The molecule has 0 aliphatic rings. The third-order valence-electron chi connectivity index (χ3n) is 6.23. The van der Waals surface area contributed by atoms with Gasteiger partial charge in [-0.25, -0.2) is 13.8 Å². The van der Waals surface area contributed by atoms with E-state index in [0.29, 0.717) is 29.2 Å². The van der Waals surface area contributed by atoms with E-state index >= 15 is 0 Å². The van der Waals surface area contributed by atoms with Crippen molar-refractivity contribution in [2.24, 2.45) is 5.10 Å². The maximum absolute atomic E-state index is 13.3. The lowest BCUT2D eigenvalue weighted by Crippen LogP contribution is -2.40. The molecule has 4 rings (SSSR count). The fraction of sp³-hybridized carbons (Fsp3) is 0.156. The van der Waals surface area contributed by atoms with Gasteiger partial charge in [-0.3, -0.25) is 9.59 Å². The molecule has 0 aliphatic heterocycles. The van der Waals surface area contributed by atoms with Crippen molar-refractivity contribution in [3.8, 4) is 11.5 Å². The Morgan fingerprint density at radius 1 is 0.837 bits per heavy atom. The SMILES string of the molecule is COc1ccccc1NC(=O)COc1ccc(/C=N/NC(=O)CN(CCc2ccccc2)S(=O)(=O)c2ccccc2)cc1. The molecule has 0 aromatic heterocycles. The number of nitrogens with zero attached hydrogens (tertiary/aromatic N) is 2. The molecule has 2 N–H and O–H groups in total. The number of hydrogen-bond donors (Lipinski definition) is 2. The van der Waals surface area contributed by atoms with Gasteiger partial charge in [-0.15, -0.1) is 0 Å². The Morgan fingerprint density at radius 3 is 2.19 bits per heavy atom. The van der Waals surface area contributed by atoms with Gasteiger partial charge in [0.2, 0.25) is 10.0 Å². The fourth-order valence-electron chi connectivity index (χ4n) is 4.03. The number of rotatable bonds is 14. The van der Waals surface area contributed by atoms with Crippen molar-refractivity contribution in [3.05, 3.63) is 120 Å². The number of methoxy groups -OCH3 is 1. The molecule has 11 heteroatoms. The van der Waals surface area contributed by atoms with Gasteiger partial charge in [0, 0.05) is 6.54 Å². The molecular formula is C32H32N4O6S. The molecule has 0 bridgehead atoms. The number of sulfonamides is 1. The smallest absolute Gasteiger partial charge is 0.262 e. The Morgan fingerprint density at radius 2 is 1.49 bits per heavy atom. The number of nitrogens with one attached hydrogen (secondary N) is 2. The van der Waals surface area contributed by atoms with E-state index in [-0.39, 0.29) is 24.0 Å². The third kappa shape index (κ3) is 9.25. The maximum Gasteiger partial charge on any atom is 0.262 e. The zero-order valence-corrected chi connectivity index (χ0v) is 24.4. The lowest BCUT2D eigenvalue weighted by atomic mass is 10.1. The van der Waals surface area contributed by atoms with Gasteiger partial charge >= 0.3 is 0 Å². The zero-order chi connectivity index (χ0) is 30.5. The van der Waals surface area contributed by atoms with Crippen molar-refractivity contribution in [2.75, 3.05) is 32.1 Å². The average molecular weight is 601 g/mol. The molecule has 0 spiro atoms. The number of anilines is 1. The molecule has 0 heterocycles. The zero-order valence-electron chi connectivity index (χ0n) is 23.6. The highest BCUT2D eigenvalue weighted by molar-refractivity contribution is 7.89. The summed E-state index contributed by atoms with van der Waals surface area (Å²) in [5.74, 6) is 0.0932. The lowest BCUT2D eigenvalue weighted by Gasteiger charge is -2.21. The average Bonchev–Trinajstić information content (AvgIpc) is 3.03. The van der Waals surface area contributed by atoms with Gasteiger partial charge in [-0.05, 0) is 66.1 Å². The van der Waals surface area contributed by atoms with Crippen LogP contribution in [0.15, 0.2) is 119 Å². The van der Waals surface area contributed by atoms with Crippen LogP contribution in [-0.4, -0.2) is 57.6 Å². The predicted molar refractivity (Wildman–Crippen MR) is 165 cm³/mol. The molecule has 0 saturated carbocycles. The number of hydrogen-bond acceptors (Lipinski definition) is 7. The monoisotopic (exact) mass is 600 g/mol. The van der Waals surface area contributed by atoms with E-state index in [2.05, 4.69) is 15.8 Å². The van der Waals surface area contributed by atoms with Crippen LogP contribution in [0.5, 0.6) is 11.5 Å². The van der Waals surface area contributed by atoms with E-state index in [1.54, 1.807) is 66.7 Å². The molecule has 4 aromatic rings. The largest absolute Gasteiger partial charge is 0.495 e. The highest BCUT2D eigenvalue weighted by Crippen LogP contribution is 2.23. The molecule has 0 unspecified atom stereocenters. The van der Waals surface area contributed by atoms with Crippen molar-refractivity contribution in [1.29, 1.82) is 0 Å². The summed E-state index contributed by atoms with van der Waals surface area (Å²) in [6.45, 7) is -0.476. The van der Waals surface area contributed by atoms with Crippen LogP contribution in [0.3, 0.4) is 0 Å². The highest BCUT2D eigenvalue weighted by Gasteiger charge is 2.26. The van der Waals surface area contributed by atoms with Crippen molar-refractivity contribution in [3.63, 3.8) is 0 Å². The van der Waals surface area contributed by atoms with Gasteiger partial charge in [0.15, 0.2) is 6.61 Å². The van der Waals surface area contributed by atoms with Crippen molar-refractivity contribution in [1.82, 2.24) is 9.73 Å². The number of hydrazone groups is 1. The van der Waals surface area contributed by atoms with Gasteiger partial charge < -0.3 is 14.8 Å². The minimum absolute atomic E-state index is 0.110. The molecule has 4 aromatic carbocycles. The quantitative estimate of drug-likeness (QED) is 0.166. The van der Waals surface area contributed by atoms with E-state index in [0.717, 1.165) is 9.87 Å². The summed E-state index contributed by atoms with van der Waals surface area (Å²) >= 11 is 0. The fourth-order valence-corrected chi connectivity index (χ4v) is 5.45. The summed E-state index contributed by atoms with van der Waals surface area (Å²) < 4.78 is 38.5. The van der Waals surface area contributed by atoms with Gasteiger partial charge in [-0.2, -0.15) is 9.41 Å². The minimum atomic E-state index is -3.91. The van der Waals surface area contributed by atoms with E-state index in [1.165, 1.54) is 25.5 Å². The first kappa shape index (κ1) is 30.9. The minimum Gasteiger partial charge on any atom is -0.495 e. The maximum atomic E-state index is 13.3. The summed E-state index contributed by atoms with van der Waals surface area (Å²) in [4.78, 5) is 25.1. The molecule has 2 amide bonds. The number of carbonyl (C=O) groups excluding carboxylic acids is 2. The second-order valence-electron chi connectivity index (χ2n) is 9.29. The molecule has 222 valence electrons. The third-order valence-corrected chi connectivity index (χ3v) is 8.09. The van der Waals surface area contributed by atoms with Gasteiger partial charge in [-0.1, -0.05) is 60.7 Å². The van der Waals surface area contributed by atoms with Crippen LogP contribution in [0.25, 0.3) is 0 Å². The Bertz CT molecular complexity index is 1630. The van der Waals surface area contributed by atoms with Crippen LogP contribution < -0.4 is 20.2 Å². The van der Waals surface area contributed by atoms with E-state index in [9.17, 15) is 18.0 Å². The lowest BCUT2D eigenvalue weighted by molar-refractivity contribution is -0.121. The van der Waals surface area contributed by atoms with Crippen LogP contribution in [0.2, 0.25) is 0 Å². The molecule has 0 fully saturated rings. The Labute approximate surface area is 251 Å². The van der Waals surface area contributed by atoms with E-state index in [1.807, 2.05) is 30.3 Å². The molecule has 0 atom stereocenters. The Kier molecular flexibility index (Phi) is 11.0. The first-order valence-electron chi connectivity index (χ1n) is 13.4. The number of benzene rings is 4. The van der Waals surface area contributed by atoms with Crippen LogP contribution in [0.4, 0.5) is 5.69 Å².